The first-order valence-electron chi connectivity index (χ1n) is 7.58. The highest BCUT2D eigenvalue weighted by Gasteiger charge is 2.34. The number of hydrogen-bond acceptors (Lipinski definition) is 4. The highest BCUT2D eigenvalue weighted by molar-refractivity contribution is 6.31. The highest BCUT2D eigenvalue weighted by atomic mass is 35.5. The van der Waals surface area contributed by atoms with Crippen molar-refractivity contribution in [2.45, 2.75) is 19.6 Å². The van der Waals surface area contributed by atoms with Crippen LogP contribution in [-0.2, 0) is 11.3 Å². The molecule has 1 heterocycles. The fourth-order valence-corrected chi connectivity index (χ4v) is 2.92. The Labute approximate surface area is 149 Å². The Morgan fingerprint density at radius 1 is 1.32 bits per heavy atom. The SMILES string of the molecule is COc1ccc(CN2C(=O)C(C)Oc3c(C(=O)O)cc(Cl)cc32)cc1. The number of nitrogens with zero attached hydrogens (tertiary/aromatic N) is 1. The van der Waals surface area contributed by atoms with Crippen molar-refractivity contribution >= 4 is 29.2 Å². The van der Waals surface area contributed by atoms with Gasteiger partial charge in [-0.05, 0) is 36.8 Å². The number of carbonyl (C=O) groups is 2. The number of rotatable bonds is 4. The van der Waals surface area contributed by atoms with Gasteiger partial charge in [0.2, 0.25) is 0 Å². The minimum Gasteiger partial charge on any atom is -0.497 e. The Hall–Kier alpha value is -2.73. The molecule has 0 saturated heterocycles. The van der Waals surface area contributed by atoms with E-state index in [1.807, 2.05) is 12.1 Å². The average molecular weight is 362 g/mol. The molecular weight excluding hydrogens is 346 g/mol. The first kappa shape index (κ1) is 17.1. The lowest BCUT2D eigenvalue weighted by Gasteiger charge is -2.34. The summed E-state index contributed by atoms with van der Waals surface area (Å²) in [6, 6.07) is 10.1. The Morgan fingerprint density at radius 2 is 2.00 bits per heavy atom. The molecule has 0 spiro atoms. The van der Waals surface area contributed by atoms with Crippen LogP contribution < -0.4 is 14.4 Å². The van der Waals surface area contributed by atoms with Crippen LogP contribution in [0.5, 0.6) is 11.5 Å². The lowest BCUT2D eigenvalue weighted by atomic mass is 10.1. The smallest absolute Gasteiger partial charge is 0.339 e. The lowest BCUT2D eigenvalue weighted by molar-refractivity contribution is -0.125. The molecule has 1 unspecified atom stereocenters. The van der Waals surface area contributed by atoms with Gasteiger partial charge < -0.3 is 19.5 Å². The fourth-order valence-electron chi connectivity index (χ4n) is 2.70. The Morgan fingerprint density at radius 3 is 2.60 bits per heavy atom. The lowest BCUT2D eigenvalue weighted by Crippen LogP contribution is -2.44. The second kappa shape index (κ2) is 6.64. The van der Waals surface area contributed by atoms with Gasteiger partial charge in [-0.25, -0.2) is 4.79 Å². The Bertz CT molecular complexity index is 834. The second-order valence-corrected chi connectivity index (χ2v) is 6.08. The molecule has 2 aromatic rings. The van der Waals surface area contributed by atoms with Gasteiger partial charge in [0.05, 0.1) is 19.3 Å². The maximum atomic E-state index is 12.6. The van der Waals surface area contributed by atoms with Crippen molar-refractivity contribution in [1.29, 1.82) is 0 Å². The molecule has 25 heavy (non-hydrogen) atoms. The summed E-state index contributed by atoms with van der Waals surface area (Å²) in [5.74, 6) is -0.564. The van der Waals surface area contributed by atoms with Crippen LogP contribution >= 0.6 is 11.6 Å². The number of benzene rings is 2. The first-order chi connectivity index (χ1) is 11.9. The number of carboxylic acids is 1. The molecule has 2 aromatic carbocycles. The number of anilines is 1. The molecule has 1 aliphatic heterocycles. The van der Waals surface area contributed by atoms with Gasteiger partial charge in [0, 0.05) is 5.02 Å². The van der Waals surface area contributed by atoms with Crippen molar-refractivity contribution < 1.29 is 24.2 Å². The minimum absolute atomic E-state index is 0.0680. The van der Waals surface area contributed by atoms with Gasteiger partial charge in [0.25, 0.3) is 5.91 Å². The predicted octanol–water partition coefficient (Wildman–Crippen LogP) is 3.36. The standard InChI is InChI=1S/C18H16ClNO5/c1-10-17(21)20(9-11-3-5-13(24-2)6-4-11)15-8-12(19)7-14(18(22)23)16(15)25-10/h3-8,10H,9H2,1-2H3,(H,22,23). The average Bonchev–Trinajstić information content (AvgIpc) is 2.59. The number of hydrogen-bond donors (Lipinski definition) is 1. The maximum absolute atomic E-state index is 12.6. The topological polar surface area (TPSA) is 76.1 Å². The summed E-state index contributed by atoms with van der Waals surface area (Å²) in [4.78, 5) is 25.6. The van der Waals surface area contributed by atoms with E-state index in [9.17, 15) is 14.7 Å². The van der Waals surface area contributed by atoms with E-state index >= 15 is 0 Å². The molecule has 0 saturated carbocycles. The minimum atomic E-state index is -1.16. The Kier molecular flexibility index (Phi) is 4.55. The first-order valence-corrected chi connectivity index (χ1v) is 7.96. The number of aromatic carboxylic acids is 1. The summed E-state index contributed by atoms with van der Waals surface area (Å²) < 4.78 is 10.7. The van der Waals surface area contributed by atoms with Crippen LogP contribution in [0.2, 0.25) is 5.02 Å². The fraction of sp³-hybridized carbons (Fsp3) is 0.222. The molecule has 130 valence electrons. The zero-order chi connectivity index (χ0) is 18.1. The summed E-state index contributed by atoms with van der Waals surface area (Å²) >= 11 is 6.04. The second-order valence-electron chi connectivity index (χ2n) is 5.64. The van der Waals surface area contributed by atoms with Gasteiger partial charge in [-0.15, -0.1) is 0 Å². The molecule has 0 radical (unpaired) electrons. The van der Waals surface area contributed by atoms with Crippen molar-refractivity contribution in [3.8, 4) is 11.5 Å². The molecule has 7 heteroatoms. The number of fused-ring (bicyclic) bond motifs is 1. The van der Waals surface area contributed by atoms with E-state index in [0.29, 0.717) is 11.4 Å². The molecule has 0 aromatic heterocycles. The summed E-state index contributed by atoms with van der Waals surface area (Å²) in [5.41, 5.74) is 1.15. The molecule has 0 bridgehead atoms. The number of ether oxygens (including phenoxy) is 2. The van der Waals surface area contributed by atoms with E-state index in [2.05, 4.69) is 0 Å². The van der Waals surface area contributed by atoms with E-state index in [4.69, 9.17) is 21.1 Å². The molecule has 1 amide bonds. The van der Waals surface area contributed by atoms with Crippen LogP contribution in [0, 0.1) is 0 Å². The van der Waals surface area contributed by atoms with E-state index in [-0.39, 0.29) is 28.8 Å². The molecule has 0 aliphatic carbocycles. The number of carboxylic acid groups (broad SMARTS) is 1. The van der Waals surface area contributed by atoms with Crippen molar-refractivity contribution in [3.63, 3.8) is 0 Å². The predicted molar refractivity (Wildman–Crippen MR) is 92.7 cm³/mol. The number of amides is 1. The van der Waals surface area contributed by atoms with Gasteiger partial charge in [0.1, 0.15) is 11.3 Å². The molecule has 6 nitrogen and oxygen atoms in total. The van der Waals surface area contributed by atoms with Gasteiger partial charge in [-0.1, -0.05) is 23.7 Å². The molecule has 1 atom stereocenters. The van der Waals surface area contributed by atoms with Crippen LogP contribution in [-0.4, -0.2) is 30.2 Å². The van der Waals surface area contributed by atoms with Crippen LogP contribution in [0.15, 0.2) is 36.4 Å². The van der Waals surface area contributed by atoms with E-state index in [0.717, 1.165) is 5.56 Å². The van der Waals surface area contributed by atoms with Crippen molar-refractivity contribution in [2.75, 3.05) is 12.0 Å². The quantitative estimate of drug-likeness (QED) is 0.903. The van der Waals surface area contributed by atoms with Gasteiger partial charge in [-0.2, -0.15) is 0 Å². The third kappa shape index (κ3) is 3.25. The summed E-state index contributed by atoms with van der Waals surface area (Å²) in [5, 5.41) is 9.62. The zero-order valence-corrected chi connectivity index (χ0v) is 14.4. The monoisotopic (exact) mass is 361 g/mol. The summed E-state index contributed by atoms with van der Waals surface area (Å²) in [7, 11) is 1.58. The summed E-state index contributed by atoms with van der Waals surface area (Å²) in [6.45, 7) is 1.86. The highest BCUT2D eigenvalue weighted by Crippen LogP contribution is 2.40. The van der Waals surface area contributed by atoms with Gasteiger partial charge in [0.15, 0.2) is 11.9 Å². The van der Waals surface area contributed by atoms with E-state index in [1.54, 1.807) is 26.2 Å². The number of methoxy groups -OCH3 is 1. The van der Waals surface area contributed by atoms with Gasteiger partial charge in [-0.3, -0.25) is 4.79 Å². The van der Waals surface area contributed by atoms with Crippen molar-refractivity contribution in [1.82, 2.24) is 0 Å². The third-order valence-electron chi connectivity index (χ3n) is 3.96. The van der Waals surface area contributed by atoms with E-state index in [1.165, 1.54) is 17.0 Å². The van der Waals surface area contributed by atoms with Crippen LogP contribution in [0.1, 0.15) is 22.8 Å². The number of halogens is 1. The molecule has 1 aliphatic rings. The van der Waals surface area contributed by atoms with Crippen LogP contribution in [0.4, 0.5) is 5.69 Å². The Balaban J connectivity index is 2.04. The van der Waals surface area contributed by atoms with Crippen LogP contribution in [0.3, 0.4) is 0 Å². The van der Waals surface area contributed by atoms with E-state index < -0.39 is 12.1 Å². The summed E-state index contributed by atoms with van der Waals surface area (Å²) in [6.07, 6.45) is -0.787. The van der Waals surface area contributed by atoms with Gasteiger partial charge >= 0.3 is 5.97 Å². The molecule has 1 N–H and O–H groups in total. The largest absolute Gasteiger partial charge is 0.497 e. The van der Waals surface area contributed by atoms with Crippen molar-refractivity contribution in [2.24, 2.45) is 0 Å². The normalized spacial score (nSPS) is 16.2. The third-order valence-corrected chi connectivity index (χ3v) is 4.18. The van der Waals surface area contributed by atoms with Crippen molar-refractivity contribution in [3.05, 3.63) is 52.5 Å². The van der Waals surface area contributed by atoms with Crippen LogP contribution in [0.25, 0.3) is 0 Å². The maximum Gasteiger partial charge on any atom is 0.339 e. The molecule has 0 fully saturated rings. The number of carbonyl (C=O) groups excluding carboxylic acids is 1. The molecule has 3 rings (SSSR count). The molecular formula is C18H16ClNO5. The zero-order valence-electron chi connectivity index (χ0n) is 13.7.